The van der Waals surface area contributed by atoms with Crippen LogP contribution in [0, 0.1) is 0 Å². The summed E-state index contributed by atoms with van der Waals surface area (Å²) in [5.74, 6) is -1.85. The van der Waals surface area contributed by atoms with Crippen molar-refractivity contribution in [3.05, 3.63) is 27.7 Å². The van der Waals surface area contributed by atoms with Gasteiger partial charge in [0.15, 0.2) is 0 Å². The Morgan fingerprint density at radius 3 is 2.38 bits per heavy atom. The molecule has 1 rings (SSSR count). The number of benzene rings is 1. The number of rotatable bonds is 2. The van der Waals surface area contributed by atoms with Gasteiger partial charge < -0.3 is 9.84 Å². The lowest BCUT2D eigenvalue weighted by molar-refractivity contribution is -0.138. The summed E-state index contributed by atoms with van der Waals surface area (Å²) in [6, 6.07) is 1.51. The van der Waals surface area contributed by atoms with E-state index in [-0.39, 0.29) is 10.0 Å². The normalized spacial score (nSPS) is 11.3. The smallest absolute Gasteiger partial charge is 0.420 e. The molecule has 16 heavy (non-hydrogen) atoms. The summed E-state index contributed by atoms with van der Waals surface area (Å²) in [5.41, 5.74) is -1.31. The van der Waals surface area contributed by atoms with Crippen LogP contribution in [0.3, 0.4) is 0 Å². The first-order valence-corrected chi connectivity index (χ1v) is 4.74. The molecule has 0 unspecified atom stereocenters. The minimum atomic E-state index is -4.59. The molecule has 3 nitrogen and oxygen atoms in total. The fourth-order valence-electron chi connectivity index (χ4n) is 1.11. The van der Waals surface area contributed by atoms with Crippen LogP contribution >= 0.6 is 15.9 Å². The van der Waals surface area contributed by atoms with Crippen LogP contribution in [0.1, 0.15) is 15.9 Å². The van der Waals surface area contributed by atoms with Gasteiger partial charge in [-0.05, 0) is 28.1 Å². The molecule has 7 heteroatoms. The van der Waals surface area contributed by atoms with E-state index in [2.05, 4.69) is 20.7 Å². The number of alkyl halides is 3. The van der Waals surface area contributed by atoms with Crippen molar-refractivity contribution in [2.24, 2.45) is 0 Å². The lowest BCUT2D eigenvalue weighted by atomic mass is 10.1. The number of aromatic carboxylic acids is 1. The van der Waals surface area contributed by atoms with Gasteiger partial charge >= 0.3 is 12.1 Å². The van der Waals surface area contributed by atoms with Crippen LogP contribution in [0.4, 0.5) is 13.2 Å². The lowest BCUT2D eigenvalue weighted by Gasteiger charge is -2.13. The largest absolute Gasteiger partial charge is 0.496 e. The van der Waals surface area contributed by atoms with Crippen LogP contribution in [-0.4, -0.2) is 18.2 Å². The van der Waals surface area contributed by atoms with Crippen molar-refractivity contribution in [2.75, 3.05) is 7.11 Å². The molecule has 0 spiro atoms. The minimum absolute atomic E-state index is 0.145. The fraction of sp³-hybridized carbons (Fsp3) is 0.222. The number of methoxy groups -OCH3 is 1. The molecule has 1 aromatic rings. The summed E-state index contributed by atoms with van der Waals surface area (Å²) in [4.78, 5) is 10.7. The summed E-state index contributed by atoms with van der Waals surface area (Å²) < 4.78 is 41.9. The molecule has 0 amide bonds. The van der Waals surface area contributed by atoms with E-state index >= 15 is 0 Å². The Kier molecular flexibility index (Phi) is 3.47. The highest BCUT2D eigenvalue weighted by molar-refractivity contribution is 9.10. The van der Waals surface area contributed by atoms with Gasteiger partial charge in [-0.2, -0.15) is 13.2 Å². The Morgan fingerprint density at radius 1 is 1.44 bits per heavy atom. The van der Waals surface area contributed by atoms with Crippen molar-refractivity contribution in [3.8, 4) is 5.75 Å². The summed E-state index contributed by atoms with van der Waals surface area (Å²) in [6.07, 6.45) is -4.59. The Hall–Kier alpha value is -1.24. The molecule has 0 heterocycles. The van der Waals surface area contributed by atoms with E-state index in [1.165, 1.54) is 0 Å². The van der Waals surface area contributed by atoms with Crippen molar-refractivity contribution in [1.82, 2.24) is 0 Å². The zero-order valence-electron chi connectivity index (χ0n) is 7.93. The van der Waals surface area contributed by atoms with Gasteiger partial charge in [0, 0.05) is 4.47 Å². The van der Waals surface area contributed by atoms with Gasteiger partial charge in [-0.1, -0.05) is 0 Å². The van der Waals surface area contributed by atoms with Crippen molar-refractivity contribution < 1.29 is 27.8 Å². The molecule has 88 valence electrons. The van der Waals surface area contributed by atoms with E-state index in [4.69, 9.17) is 5.11 Å². The molecule has 0 aliphatic rings. The maximum Gasteiger partial charge on any atom is 0.420 e. The molecule has 0 radical (unpaired) electrons. The highest BCUT2D eigenvalue weighted by Crippen LogP contribution is 2.39. The molecule has 0 aromatic heterocycles. The zero-order valence-corrected chi connectivity index (χ0v) is 9.52. The second-order valence-electron chi connectivity index (χ2n) is 2.84. The second kappa shape index (κ2) is 4.32. The van der Waals surface area contributed by atoms with Gasteiger partial charge in [0.1, 0.15) is 5.75 Å². The molecule has 0 aliphatic carbocycles. The Labute approximate surface area is 97.0 Å². The topological polar surface area (TPSA) is 46.5 Å². The van der Waals surface area contributed by atoms with Gasteiger partial charge in [0.2, 0.25) is 0 Å². The van der Waals surface area contributed by atoms with Crippen LogP contribution in [-0.2, 0) is 6.18 Å². The summed E-state index contributed by atoms with van der Waals surface area (Å²) in [7, 11) is 1.05. The van der Waals surface area contributed by atoms with Crippen molar-refractivity contribution in [1.29, 1.82) is 0 Å². The third kappa shape index (κ3) is 2.46. The first-order chi connectivity index (χ1) is 7.27. The van der Waals surface area contributed by atoms with E-state index < -0.39 is 23.5 Å². The van der Waals surface area contributed by atoms with E-state index in [9.17, 15) is 18.0 Å². The maximum absolute atomic E-state index is 12.5. The molecule has 0 aliphatic heterocycles. The van der Waals surface area contributed by atoms with Gasteiger partial charge in [-0.25, -0.2) is 4.79 Å². The van der Waals surface area contributed by atoms with Gasteiger partial charge in [-0.15, -0.1) is 0 Å². The average Bonchev–Trinajstić information content (AvgIpc) is 2.15. The Balaban J connectivity index is 3.44. The van der Waals surface area contributed by atoms with Crippen LogP contribution in [0.25, 0.3) is 0 Å². The van der Waals surface area contributed by atoms with Crippen LogP contribution in [0.5, 0.6) is 5.75 Å². The highest BCUT2D eigenvalue weighted by atomic mass is 79.9. The number of hydrogen-bond donors (Lipinski definition) is 1. The number of hydrogen-bond acceptors (Lipinski definition) is 2. The minimum Gasteiger partial charge on any atom is -0.496 e. The van der Waals surface area contributed by atoms with Crippen molar-refractivity contribution in [2.45, 2.75) is 6.18 Å². The summed E-state index contributed by atoms with van der Waals surface area (Å²) in [6.45, 7) is 0. The average molecular weight is 299 g/mol. The van der Waals surface area contributed by atoms with E-state index in [0.717, 1.165) is 13.2 Å². The Morgan fingerprint density at radius 2 is 2.00 bits per heavy atom. The molecule has 1 N–H and O–H groups in total. The molecule has 0 fully saturated rings. The molecule has 0 saturated carbocycles. The van der Waals surface area contributed by atoms with Crippen LogP contribution in [0.2, 0.25) is 0 Å². The number of halogens is 4. The lowest BCUT2D eigenvalue weighted by Crippen LogP contribution is -2.09. The number of ether oxygens (including phenoxy) is 1. The first kappa shape index (κ1) is 12.8. The third-order valence-corrected chi connectivity index (χ3v) is 2.48. The molecular formula is C9H6BrF3O3. The van der Waals surface area contributed by atoms with Crippen molar-refractivity contribution >= 4 is 21.9 Å². The third-order valence-electron chi connectivity index (χ3n) is 1.82. The zero-order chi connectivity index (χ0) is 12.5. The fourth-order valence-corrected chi connectivity index (χ4v) is 1.62. The van der Waals surface area contributed by atoms with E-state index in [0.29, 0.717) is 6.07 Å². The van der Waals surface area contributed by atoms with Gasteiger partial charge in [0.25, 0.3) is 0 Å². The molecule has 1 aromatic carbocycles. The maximum atomic E-state index is 12.5. The molecule has 0 saturated heterocycles. The standard InChI is InChI=1S/C9H6BrF3O3/c1-16-7-2-4(8(14)15)6(10)3-5(7)9(11,12)13/h2-3H,1H3,(H,14,15). The molecular weight excluding hydrogens is 293 g/mol. The SMILES string of the molecule is COc1cc(C(=O)O)c(Br)cc1C(F)(F)F. The highest BCUT2D eigenvalue weighted by Gasteiger charge is 2.35. The van der Waals surface area contributed by atoms with Crippen LogP contribution < -0.4 is 4.74 Å². The number of carboxylic acids is 1. The van der Waals surface area contributed by atoms with E-state index in [1.807, 2.05) is 0 Å². The second-order valence-corrected chi connectivity index (χ2v) is 3.69. The summed E-state index contributed by atoms with van der Waals surface area (Å²) in [5, 5.41) is 8.71. The van der Waals surface area contributed by atoms with Gasteiger partial charge in [0.05, 0.1) is 18.2 Å². The monoisotopic (exact) mass is 298 g/mol. The van der Waals surface area contributed by atoms with E-state index in [1.54, 1.807) is 0 Å². The predicted octanol–water partition coefficient (Wildman–Crippen LogP) is 3.17. The quantitative estimate of drug-likeness (QED) is 0.912. The number of carbonyl (C=O) groups is 1. The first-order valence-electron chi connectivity index (χ1n) is 3.95. The predicted molar refractivity (Wildman–Crippen MR) is 52.7 cm³/mol. The number of carboxylic acid groups (broad SMARTS) is 1. The van der Waals surface area contributed by atoms with Crippen LogP contribution in [0.15, 0.2) is 16.6 Å². The summed E-state index contributed by atoms with van der Waals surface area (Å²) >= 11 is 2.77. The molecule has 0 bridgehead atoms. The molecule has 0 atom stereocenters. The Bertz CT molecular complexity index is 429. The van der Waals surface area contributed by atoms with Gasteiger partial charge in [-0.3, -0.25) is 0 Å². The van der Waals surface area contributed by atoms with Crippen molar-refractivity contribution in [3.63, 3.8) is 0 Å².